The molecule has 0 atom stereocenters. The zero-order valence-corrected chi connectivity index (χ0v) is 9.02. The van der Waals surface area contributed by atoms with Gasteiger partial charge in [0, 0.05) is 17.5 Å². The van der Waals surface area contributed by atoms with Crippen molar-refractivity contribution >= 4 is 11.6 Å². The van der Waals surface area contributed by atoms with Crippen LogP contribution in [0.25, 0.3) is 0 Å². The predicted octanol–water partition coefficient (Wildman–Crippen LogP) is 2.08. The lowest BCUT2D eigenvalue weighted by Gasteiger charge is -2.13. The molecule has 92 valence electrons. The number of nitriles is 1. The number of aromatic nitrogens is 1. The Kier molecular flexibility index (Phi) is 4.02. The highest BCUT2D eigenvalue weighted by Gasteiger charge is 2.33. The van der Waals surface area contributed by atoms with Gasteiger partial charge >= 0.3 is 6.36 Å². The number of ether oxygens (including phenoxy) is 1. The highest BCUT2D eigenvalue weighted by atomic mass is 35.5. The van der Waals surface area contributed by atoms with Gasteiger partial charge in [-0.15, -0.1) is 24.8 Å². The SMILES string of the molecule is N#CCc1c(CCl)cc(=O)[nH]c1OC(F)(F)F. The van der Waals surface area contributed by atoms with Crippen LogP contribution >= 0.6 is 11.6 Å². The molecule has 0 spiro atoms. The van der Waals surface area contributed by atoms with Crippen LogP contribution in [0.3, 0.4) is 0 Å². The van der Waals surface area contributed by atoms with E-state index in [-0.39, 0.29) is 23.4 Å². The number of rotatable bonds is 3. The second kappa shape index (κ2) is 5.10. The molecule has 17 heavy (non-hydrogen) atoms. The second-order valence-electron chi connectivity index (χ2n) is 2.98. The molecule has 0 saturated heterocycles. The molecule has 0 aromatic carbocycles. The molecule has 0 aliphatic rings. The molecule has 1 aromatic rings. The third-order valence-electron chi connectivity index (χ3n) is 1.82. The average molecular weight is 267 g/mol. The van der Waals surface area contributed by atoms with Gasteiger partial charge in [-0.3, -0.25) is 9.78 Å². The third kappa shape index (κ3) is 3.67. The Bertz CT molecular complexity index is 504. The van der Waals surface area contributed by atoms with Crippen LogP contribution in [0.4, 0.5) is 13.2 Å². The molecule has 0 fully saturated rings. The van der Waals surface area contributed by atoms with Gasteiger partial charge in [0.15, 0.2) is 0 Å². The van der Waals surface area contributed by atoms with Crippen molar-refractivity contribution in [1.29, 1.82) is 5.26 Å². The third-order valence-corrected chi connectivity index (χ3v) is 2.11. The van der Waals surface area contributed by atoms with Crippen LogP contribution < -0.4 is 10.3 Å². The fourth-order valence-corrected chi connectivity index (χ4v) is 1.45. The highest BCUT2D eigenvalue weighted by molar-refractivity contribution is 6.17. The zero-order valence-electron chi connectivity index (χ0n) is 8.27. The lowest BCUT2D eigenvalue weighted by Crippen LogP contribution is -2.22. The minimum absolute atomic E-state index is 0.0700. The summed E-state index contributed by atoms with van der Waals surface area (Å²) >= 11 is 5.48. The molecular weight excluding hydrogens is 261 g/mol. The first-order valence-corrected chi connectivity index (χ1v) is 4.84. The van der Waals surface area contributed by atoms with Gasteiger partial charge in [0.05, 0.1) is 12.5 Å². The van der Waals surface area contributed by atoms with E-state index in [9.17, 15) is 18.0 Å². The molecule has 1 heterocycles. The Balaban J connectivity index is 3.31. The summed E-state index contributed by atoms with van der Waals surface area (Å²) in [5, 5.41) is 8.51. The molecule has 1 rings (SSSR count). The first-order chi connectivity index (χ1) is 7.87. The van der Waals surface area contributed by atoms with E-state index >= 15 is 0 Å². The van der Waals surface area contributed by atoms with Crippen LogP contribution in [0.15, 0.2) is 10.9 Å². The monoisotopic (exact) mass is 266 g/mol. The van der Waals surface area contributed by atoms with Gasteiger partial charge in [0.1, 0.15) is 0 Å². The number of nitrogens with one attached hydrogen (secondary N) is 1. The number of nitrogens with zero attached hydrogens (tertiary/aromatic N) is 1. The Labute approximate surface area is 98.6 Å². The van der Waals surface area contributed by atoms with Crippen molar-refractivity contribution in [2.75, 3.05) is 0 Å². The lowest BCUT2D eigenvalue weighted by atomic mass is 10.1. The maximum atomic E-state index is 12.1. The number of halogens is 4. The normalized spacial score (nSPS) is 11.0. The van der Waals surface area contributed by atoms with Crippen molar-refractivity contribution in [3.63, 3.8) is 0 Å². The van der Waals surface area contributed by atoms with E-state index in [1.165, 1.54) is 0 Å². The Morgan fingerprint density at radius 3 is 2.65 bits per heavy atom. The van der Waals surface area contributed by atoms with Crippen molar-refractivity contribution in [2.45, 2.75) is 18.7 Å². The summed E-state index contributed by atoms with van der Waals surface area (Å²) in [5.41, 5.74) is -0.711. The molecule has 0 radical (unpaired) electrons. The number of aromatic amines is 1. The van der Waals surface area contributed by atoms with Gasteiger partial charge in [0.25, 0.3) is 5.56 Å². The van der Waals surface area contributed by atoms with Gasteiger partial charge < -0.3 is 4.74 Å². The van der Waals surface area contributed by atoms with E-state index in [0.29, 0.717) is 0 Å². The van der Waals surface area contributed by atoms with Crippen molar-refractivity contribution in [3.8, 4) is 11.9 Å². The van der Waals surface area contributed by atoms with Crippen LogP contribution in [0.5, 0.6) is 5.88 Å². The molecule has 8 heteroatoms. The molecule has 0 unspecified atom stereocenters. The lowest BCUT2D eigenvalue weighted by molar-refractivity contribution is -0.276. The molecular formula is C9H6ClF3N2O2. The molecule has 0 aliphatic carbocycles. The van der Waals surface area contributed by atoms with Gasteiger partial charge in [0.2, 0.25) is 5.88 Å². The topological polar surface area (TPSA) is 65.9 Å². The first kappa shape index (κ1) is 13.4. The van der Waals surface area contributed by atoms with E-state index in [2.05, 4.69) is 4.74 Å². The number of alkyl halides is 4. The molecule has 0 saturated carbocycles. The highest BCUT2D eigenvalue weighted by Crippen LogP contribution is 2.26. The minimum Gasteiger partial charge on any atom is -0.389 e. The fraction of sp³-hybridized carbons (Fsp3) is 0.333. The number of hydrogen-bond donors (Lipinski definition) is 1. The molecule has 1 N–H and O–H groups in total. The maximum Gasteiger partial charge on any atom is 0.574 e. The quantitative estimate of drug-likeness (QED) is 0.852. The van der Waals surface area contributed by atoms with Crippen molar-refractivity contribution in [1.82, 2.24) is 4.98 Å². The maximum absolute atomic E-state index is 12.1. The van der Waals surface area contributed by atoms with Crippen LogP contribution in [-0.2, 0) is 12.3 Å². The number of hydrogen-bond acceptors (Lipinski definition) is 3. The second-order valence-corrected chi connectivity index (χ2v) is 3.25. The van der Waals surface area contributed by atoms with Crippen molar-refractivity contribution in [2.24, 2.45) is 0 Å². The summed E-state index contributed by atoms with van der Waals surface area (Å²) in [6, 6.07) is 2.71. The largest absolute Gasteiger partial charge is 0.574 e. The summed E-state index contributed by atoms with van der Waals surface area (Å²) in [4.78, 5) is 13.0. The Hall–Kier alpha value is -1.68. The summed E-state index contributed by atoms with van der Waals surface area (Å²) in [6.45, 7) is 0. The Morgan fingerprint density at radius 2 is 2.18 bits per heavy atom. The van der Waals surface area contributed by atoms with Gasteiger partial charge in [-0.25, -0.2) is 0 Å². The molecule has 0 bridgehead atoms. The van der Waals surface area contributed by atoms with E-state index in [1.54, 1.807) is 6.07 Å². The van der Waals surface area contributed by atoms with Crippen molar-refractivity contribution in [3.05, 3.63) is 27.5 Å². The van der Waals surface area contributed by atoms with E-state index in [4.69, 9.17) is 16.9 Å². The smallest absolute Gasteiger partial charge is 0.389 e. The van der Waals surface area contributed by atoms with Gasteiger partial charge in [-0.2, -0.15) is 5.26 Å². The summed E-state index contributed by atoms with van der Waals surface area (Å²) < 4.78 is 39.8. The summed E-state index contributed by atoms with van der Waals surface area (Å²) in [5.74, 6) is -0.975. The number of pyridine rings is 1. The van der Waals surface area contributed by atoms with Gasteiger partial charge in [-0.05, 0) is 5.56 Å². The summed E-state index contributed by atoms with van der Waals surface area (Å²) in [6.07, 6.45) is -5.29. The minimum atomic E-state index is -4.95. The predicted molar refractivity (Wildman–Crippen MR) is 52.6 cm³/mol. The fourth-order valence-electron chi connectivity index (χ4n) is 1.21. The summed E-state index contributed by atoms with van der Waals surface area (Å²) in [7, 11) is 0. The molecule has 1 aromatic heterocycles. The van der Waals surface area contributed by atoms with E-state index in [0.717, 1.165) is 6.07 Å². The standard InChI is InChI=1S/C9H6ClF3N2O2/c10-4-5-3-7(16)15-8(6(5)1-2-14)17-9(11,12)13/h3H,1,4H2,(H,15,16). The van der Waals surface area contributed by atoms with Crippen LogP contribution in [0, 0.1) is 11.3 Å². The van der Waals surface area contributed by atoms with Crippen molar-refractivity contribution < 1.29 is 17.9 Å². The first-order valence-electron chi connectivity index (χ1n) is 4.31. The van der Waals surface area contributed by atoms with Crippen LogP contribution in [0.2, 0.25) is 0 Å². The molecule has 4 nitrogen and oxygen atoms in total. The van der Waals surface area contributed by atoms with E-state index in [1.807, 2.05) is 4.98 Å². The average Bonchev–Trinajstić information content (AvgIpc) is 2.19. The van der Waals surface area contributed by atoms with Gasteiger partial charge in [-0.1, -0.05) is 0 Å². The molecule has 0 aliphatic heterocycles. The molecule has 0 amide bonds. The zero-order chi connectivity index (χ0) is 13.1. The van der Waals surface area contributed by atoms with Crippen LogP contribution in [-0.4, -0.2) is 11.3 Å². The number of H-pyrrole nitrogens is 1. The Morgan fingerprint density at radius 1 is 1.53 bits per heavy atom. The van der Waals surface area contributed by atoms with E-state index < -0.39 is 17.8 Å². The van der Waals surface area contributed by atoms with Crippen LogP contribution in [0.1, 0.15) is 11.1 Å².